The van der Waals surface area contributed by atoms with Gasteiger partial charge in [0.25, 0.3) is 0 Å². The lowest BCUT2D eigenvalue weighted by atomic mass is 10.1. The zero-order chi connectivity index (χ0) is 24.1. The minimum atomic E-state index is -0.0364. The zero-order valence-corrected chi connectivity index (χ0v) is 20.5. The molecular formula is C27H34N4O2. The molecule has 2 amide bonds. The molecule has 3 aromatic rings. The van der Waals surface area contributed by atoms with E-state index in [4.69, 9.17) is 0 Å². The van der Waals surface area contributed by atoms with Gasteiger partial charge >= 0.3 is 0 Å². The molecule has 174 valence electrons. The van der Waals surface area contributed by atoms with Gasteiger partial charge in [0.2, 0.25) is 11.8 Å². The number of rotatable bonds is 8. The number of nitrogens with one attached hydrogen (secondary N) is 2. The number of nitrogens with zero attached hydrogens (tertiary/aromatic N) is 2. The highest BCUT2D eigenvalue weighted by Gasteiger charge is 2.15. The average molecular weight is 447 g/mol. The van der Waals surface area contributed by atoms with E-state index in [1.165, 1.54) is 0 Å². The van der Waals surface area contributed by atoms with E-state index in [0.717, 1.165) is 50.6 Å². The molecule has 33 heavy (non-hydrogen) atoms. The number of benzene rings is 2. The SMILES string of the molecule is Cc1cccc(NC(=O)CCc2c(C)nn(CCC(=O)Nc3cccc(C)c3C)c2C)c1C. The highest BCUT2D eigenvalue weighted by Crippen LogP contribution is 2.21. The van der Waals surface area contributed by atoms with Gasteiger partial charge in [-0.25, -0.2) is 0 Å². The predicted molar refractivity (Wildman–Crippen MR) is 134 cm³/mol. The van der Waals surface area contributed by atoms with Crippen molar-refractivity contribution in [2.75, 3.05) is 10.6 Å². The lowest BCUT2D eigenvalue weighted by Gasteiger charge is -2.11. The summed E-state index contributed by atoms with van der Waals surface area (Å²) in [4.78, 5) is 25.0. The molecule has 0 aliphatic carbocycles. The molecule has 0 aliphatic heterocycles. The van der Waals surface area contributed by atoms with Crippen molar-refractivity contribution in [1.82, 2.24) is 9.78 Å². The van der Waals surface area contributed by atoms with E-state index in [0.29, 0.717) is 25.8 Å². The van der Waals surface area contributed by atoms with Crippen LogP contribution in [0.25, 0.3) is 0 Å². The number of carbonyl (C=O) groups is 2. The van der Waals surface area contributed by atoms with Gasteiger partial charge in [-0.1, -0.05) is 24.3 Å². The monoisotopic (exact) mass is 446 g/mol. The van der Waals surface area contributed by atoms with Crippen LogP contribution in [0.2, 0.25) is 0 Å². The smallest absolute Gasteiger partial charge is 0.226 e. The van der Waals surface area contributed by atoms with Crippen molar-refractivity contribution >= 4 is 23.2 Å². The first-order chi connectivity index (χ1) is 15.7. The largest absolute Gasteiger partial charge is 0.326 e. The number of hydrogen-bond acceptors (Lipinski definition) is 3. The quantitative estimate of drug-likeness (QED) is 0.491. The molecule has 2 aromatic carbocycles. The average Bonchev–Trinajstić information content (AvgIpc) is 3.04. The van der Waals surface area contributed by atoms with Crippen LogP contribution in [0.3, 0.4) is 0 Å². The van der Waals surface area contributed by atoms with Crippen molar-refractivity contribution in [2.45, 2.75) is 67.3 Å². The highest BCUT2D eigenvalue weighted by molar-refractivity contribution is 5.92. The van der Waals surface area contributed by atoms with Gasteiger partial charge in [0.15, 0.2) is 0 Å². The fourth-order valence-electron chi connectivity index (χ4n) is 3.96. The third-order valence-corrected chi connectivity index (χ3v) is 6.44. The van der Waals surface area contributed by atoms with E-state index < -0.39 is 0 Å². The first-order valence-electron chi connectivity index (χ1n) is 11.4. The molecule has 0 saturated heterocycles. The lowest BCUT2D eigenvalue weighted by Crippen LogP contribution is -2.16. The van der Waals surface area contributed by atoms with Crippen molar-refractivity contribution in [3.8, 4) is 0 Å². The van der Waals surface area contributed by atoms with Crippen LogP contribution >= 0.6 is 0 Å². The fraction of sp³-hybridized carbons (Fsp3) is 0.370. The number of carbonyl (C=O) groups excluding carboxylic acids is 2. The molecule has 6 heteroatoms. The molecule has 0 atom stereocenters. The molecule has 0 saturated carbocycles. The zero-order valence-electron chi connectivity index (χ0n) is 20.5. The lowest BCUT2D eigenvalue weighted by molar-refractivity contribution is -0.117. The van der Waals surface area contributed by atoms with Gasteiger partial charge in [0, 0.05) is 36.5 Å². The first kappa shape index (κ1) is 24.2. The molecule has 0 aliphatic rings. The van der Waals surface area contributed by atoms with Gasteiger partial charge in [0.1, 0.15) is 0 Å². The van der Waals surface area contributed by atoms with Crippen LogP contribution < -0.4 is 10.6 Å². The normalized spacial score (nSPS) is 10.8. The van der Waals surface area contributed by atoms with Crippen LogP contribution in [0.5, 0.6) is 0 Å². The second kappa shape index (κ2) is 10.5. The van der Waals surface area contributed by atoms with Gasteiger partial charge in [-0.3, -0.25) is 14.3 Å². The van der Waals surface area contributed by atoms with Crippen molar-refractivity contribution in [1.29, 1.82) is 0 Å². The first-order valence-corrected chi connectivity index (χ1v) is 11.4. The minimum absolute atomic E-state index is 0.0110. The van der Waals surface area contributed by atoms with Gasteiger partial charge in [-0.05, 0) is 87.9 Å². The number of aryl methyl sites for hydroxylation is 4. The fourth-order valence-corrected chi connectivity index (χ4v) is 3.96. The van der Waals surface area contributed by atoms with E-state index in [2.05, 4.69) is 15.7 Å². The summed E-state index contributed by atoms with van der Waals surface area (Å²) in [6, 6.07) is 11.8. The number of hydrogen-bond donors (Lipinski definition) is 2. The van der Waals surface area contributed by atoms with E-state index >= 15 is 0 Å². The van der Waals surface area contributed by atoms with E-state index in [1.54, 1.807) is 0 Å². The molecule has 1 heterocycles. The van der Waals surface area contributed by atoms with Crippen LogP contribution in [0.1, 0.15) is 52.0 Å². The molecular weight excluding hydrogens is 412 g/mol. The Balaban J connectivity index is 1.57. The molecule has 0 radical (unpaired) electrons. The van der Waals surface area contributed by atoms with Crippen molar-refractivity contribution in [2.24, 2.45) is 0 Å². The van der Waals surface area contributed by atoms with Crippen LogP contribution in [0, 0.1) is 41.5 Å². The molecule has 6 nitrogen and oxygen atoms in total. The number of anilines is 2. The Labute approximate surface area is 196 Å². The van der Waals surface area contributed by atoms with E-state index in [-0.39, 0.29) is 11.8 Å². The van der Waals surface area contributed by atoms with E-state index in [9.17, 15) is 9.59 Å². The predicted octanol–water partition coefficient (Wildman–Crippen LogP) is 5.33. The van der Waals surface area contributed by atoms with Gasteiger partial charge in [0.05, 0.1) is 5.69 Å². The second-order valence-corrected chi connectivity index (χ2v) is 8.71. The standard InChI is InChI=1S/C27H34N4O2/c1-17-9-7-11-24(19(17)3)28-26(32)14-13-23-21(5)30-31(22(23)6)16-15-27(33)29-25-12-8-10-18(2)20(25)4/h7-12H,13-16H2,1-6H3,(H,28,32)(H,29,33). The van der Waals surface area contributed by atoms with Gasteiger partial charge in [-0.15, -0.1) is 0 Å². The molecule has 3 rings (SSSR count). The maximum atomic E-state index is 12.5. The number of amides is 2. The molecule has 2 N–H and O–H groups in total. The van der Waals surface area contributed by atoms with Crippen molar-refractivity contribution < 1.29 is 9.59 Å². The highest BCUT2D eigenvalue weighted by atomic mass is 16.2. The summed E-state index contributed by atoms with van der Waals surface area (Å²) in [6.07, 6.45) is 1.33. The summed E-state index contributed by atoms with van der Waals surface area (Å²) in [7, 11) is 0. The Bertz CT molecular complexity index is 1180. The molecule has 0 unspecified atom stereocenters. The third-order valence-electron chi connectivity index (χ3n) is 6.44. The summed E-state index contributed by atoms with van der Waals surface area (Å²) in [5.74, 6) is -0.0474. The van der Waals surface area contributed by atoms with Crippen molar-refractivity contribution in [3.63, 3.8) is 0 Å². The summed E-state index contributed by atoms with van der Waals surface area (Å²) in [6.45, 7) is 12.5. The summed E-state index contributed by atoms with van der Waals surface area (Å²) < 4.78 is 1.87. The summed E-state index contributed by atoms with van der Waals surface area (Å²) in [5.41, 5.74) is 9.17. The Morgan fingerprint density at radius 2 is 1.30 bits per heavy atom. The van der Waals surface area contributed by atoms with Gasteiger partial charge < -0.3 is 10.6 Å². The van der Waals surface area contributed by atoms with E-state index in [1.807, 2.05) is 82.6 Å². The Morgan fingerprint density at radius 3 is 1.85 bits per heavy atom. The number of aromatic nitrogens is 2. The van der Waals surface area contributed by atoms with Gasteiger partial charge in [-0.2, -0.15) is 5.10 Å². The van der Waals surface area contributed by atoms with Crippen LogP contribution in [0.15, 0.2) is 36.4 Å². The molecule has 0 bridgehead atoms. The van der Waals surface area contributed by atoms with Crippen molar-refractivity contribution in [3.05, 3.63) is 75.6 Å². The Hall–Kier alpha value is -3.41. The summed E-state index contributed by atoms with van der Waals surface area (Å²) >= 11 is 0. The minimum Gasteiger partial charge on any atom is -0.326 e. The maximum Gasteiger partial charge on any atom is 0.226 e. The summed E-state index contributed by atoms with van der Waals surface area (Å²) in [5, 5.41) is 10.6. The topological polar surface area (TPSA) is 76.0 Å². The van der Waals surface area contributed by atoms with Crippen LogP contribution in [-0.2, 0) is 22.6 Å². The van der Waals surface area contributed by atoms with Crippen LogP contribution in [0.4, 0.5) is 11.4 Å². The van der Waals surface area contributed by atoms with Crippen LogP contribution in [-0.4, -0.2) is 21.6 Å². The maximum absolute atomic E-state index is 12.5. The molecule has 0 spiro atoms. The Morgan fingerprint density at radius 1 is 0.788 bits per heavy atom. The Kier molecular flexibility index (Phi) is 7.69. The molecule has 0 fully saturated rings. The third kappa shape index (κ3) is 5.89. The molecule has 1 aromatic heterocycles. The second-order valence-electron chi connectivity index (χ2n) is 8.71.